The maximum Gasteiger partial charge on any atom is 0.0483 e. The number of hydrogen-bond donors (Lipinski definition) is 1. The fraction of sp³-hybridized carbons (Fsp3) is 0.368. The lowest BCUT2D eigenvalue weighted by Gasteiger charge is -2.22. The van der Waals surface area contributed by atoms with Crippen molar-refractivity contribution >= 4 is 22.2 Å². The number of nitrogens with zero attached hydrogens (tertiary/aromatic N) is 1. The summed E-state index contributed by atoms with van der Waals surface area (Å²) in [6.45, 7) is 3.38. The molecular weight excluding hydrogens is 288 g/mol. The fourth-order valence-corrected chi connectivity index (χ4v) is 4.31. The van der Waals surface area contributed by atoms with Gasteiger partial charge in [-0.15, -0.1) is 0 Å². The standard InChI is InChI=1S/C19H22N2S/c1-2-4-19-17(3-1)18(16-5-9-20-10-6-16)13-21(19)11-7-15-8-12-22-14-15/h1-4,8,12-14,16,20H,5-7,9-11H2. The van der Waals surface area contributed by atoms with E-state index in [1.54, 1.807) is 16.9 Å². The first-order chi connectivity index (χ1) is 10.9. The van der Waals surface area contributed by atoms with Gasteiger partial charge in [0.15, 0.2) is 0 Å². The highest BCUT2D eigenvalue weighted by atomic mass is 32.1. The molecule has 1 N–H and O–H groups in total. The molecule has 0 bridgehead atoms. The first kappa shape index (κ1) is 14.0. The lowest BCUT2D eigenvalue weighted by Crippen LogP contribution is -2.26. The number of benzene rings is 1. The van der Waals surface area contributed by atoms with Crippen LogP contribution in [-0.2, 0) is 13.0 Å². The van der Waals surface area contributed by atoms with Crippen LogP contribution in [0.4, 0.5) is 0 Å². The van der Waals surface area contributed by atoms with E-state index in [0.29, 0.717) is 5.92 Å². The van der Waals surface area contributed by atoms with Gasteiger partial charge in [0.25, 0.3) is 0 Å². The Morgan fingerprint density at radius 2 is 2.00 bits per heavy atom. The molecule has 0 atom stereocenters. The second-order valence-electron chi connectivity index (χ2n) is 6.20. The molecule has 1 saturated heterocycles. The maximum absolute atomic E-state index is 3.48. The summed E-state index contributed by atoms with van der Waals surface area (Å²) >= 11 is 1.79. The highest BCUT2D eigenvalue weighted by Crippen LogP contribution is 2.33. The third-order valence-corrected chi connectivity index (χ3v) is 5.55. The van der Waals surface area contributed by atoms with Crippen molar-refractivity contribution in [3.05, 3.63) is 58.4 Å². The van der Waals surface area contributed by atoms with Gasteiger partial charge in [-0.1, -0.05) is 18.2 Å². The summed E-state index contributed by atoms with van der Waals surface area (Å²) in [5, 5.41) is 9.37. The molecule has 4 rings (SSSR count). The monoisotopic (exact) mass is 310 g/mol. The molecule has 0 radical (unpaired) electrons. The quantitative estimate of drug-likeness (QED) is 0.755. The van der Waals surface area contributed by atoms with E-state index in [-0.39, 0.29) is 0 Å². The Kier molecular flexibility index (Phi) is 4.00. The first-order valence-corrected chi connectivity index (χ1v) is 9.15. The van der Waals surface area contributed by atoms with Gasteiger partial charge in [-0.25, -0.2) is 0 Å². The second-order valence-corrected chi connectivity index (χ2v) is 6.98. The van der Waals surface area contributed by atoms with E-state index >= 15 is 0 Å². The Labute approximate surface area is 135 Å². The summed E-state index contributed by atoms with van der Waals surface area (Å²) in [7, 11) is 0. The van der Waals surface area contributed by atoms with Gasteiger partial charge in [0.2, 0.25) is 0 Å². The van der Waals surface area contributed by atoms with E-state index < -0.39 is 0 Å². The molecule has 1 aliphatic heterocycles. The van der Waals surface area contributed by atoms with Crippen LogP contribution in [0.15, 0.2) is 47.3 Å². The Bertz CT molecular complexity index is 736. The summed E-state index contributed by atoms with van der Waals surface area (Å²) in [6, 6.07) is 11.1. The molecule has 0 aliphatic carbocycles. The molecule has 1 aromatic carbocycles. The second kappa shape index (κ2) is 6.27. The van der Waals surface area contributed by atoms with E-state index in [9.17, 15) is 0 Å². The number of thiophene rings is 1. The van der Waals surface area contributed by atoms with Crippen LogP contribution in [0, 0.1) is 0 Å². The van der Waals surface area contributed by atoms with Crippen LogP contribution in [0.25, 0.3) is 10.9 Å². The Morgan fingerprint density at radius 1 is 1.14 bits per heavy atom. The molecule has 22 heavy (non-hydrogen) atoms. The van der Waals surface area contributed by atoms with E-state index in [1.165, 1.54) is 29.3 Å². The van der Waals surface area contributed by atoms with Crippen LogP contribution in [0.5, 0.6) is 0 Å². The summed E-state index contributed by atoms with van der Waals surface area (Å²) < 4.78 is 2.46. The lowest BCUT2D eigenvalue weighted by atomic mass is 9.90. The van der Waals surface area contributed by atoms with Gasteiger partial charge in [-0.3, -0.25) is 0 Å². The highest BCUT2D eigenvalue weighted by molar-refractivity contribution is 7.07. The minimum atomic E-state index is 0.716. The van der Waals surface area contributed by atoms with Gasteiger partial charge in [-0.2, -0.15) is 11.3 Å². The van der Waals surface area contributed by atoms with E-state index in [4.69, 9.17) is 0 Å². The van der Waals surface area contributed by atoms with Crippen molar-refractivity contribution in [2.75, 3.05) is 13.1 Å². The average Bonchev–Trinajstić information content (AvgIpc) is 3.22. The van der Waals surface area contributed by atoms with Gasteiger partial charge < -0.3 is 9.88 Å². The SMILES string of the molecule is c1ccc2c(c1)c(C1CCNCC1)cn2CCc1ccsc1. The van der Waals surface area contributed by atoms with Gasteiger partial charge in [-0.05, 0) is 72.3 Å². The van der Waals surface area contributed by atoms with Crippen molar-refractivity contribution in [1.29, 1.82) is 0 Å². The number of hydrogen-bond acceptors (Lipinski definition) is 2. The predicted octanol–water partition coefficient (Wildman–Crippen LogP) is 4.41. The molecule has 1 fully saturated rings. The van der Waals surface area contributed by atoms with Gasteiger partial charge >= 0.3 is 0 Å². The van der Waals surface area contributed by atoms with Gasteiger partial charge in [0, 0.05) is 23.6 Å². The third kappa shape index (κ3) is 2.71. The smallest absolute Gasteiger partial charge is 0.0483 e. The molecule has 2 aromatic heterocycles. The summed E-state index contributed by atoms with van der Waals surface area (Å²) in [6.07, 6.45) is 6.07. The van der Waals surface area contributed by atoms with Crippen molar-refractivity contribution in [2.24, 2.45) is 0 Å². The number of para-hydroxylation sites is 1. The summed E-state index contributed by atoms with van der Waals surface area (Å²) in [4.78, 5) is 0. The summed E-state index contributed by atoms with van der Waals surface area (Å²) in [5.41, 5.74) is 4.40. The van der Waals surface area contributed by atoms with Crippen molar-refractivity contribution in [1.82, 2.24) is 9.88 Å². The van der Waals surface area contributed by atoms with Crippen LogP contribution in [0.1, 0.15) is 29.9 Å². The predicted molar refractivity (Wildman–Crippen MR) is 94.8 cm³/mol. The minimum absolute atomic E-state index is 0.716. The zero-order chi connectivity index (χ0) is 14.8. The maximum atomic E-state index is 3.48. The largest absolute Gasteiger partial charge is 0.347 e. The molecule has 0 unspecified atom stereocenters. The summed E-state index contributed by atoms with van der Waals surface area (Å²) in [5.74, 6) is 0.716. The van der Waals surface area contributed by atoms with Crippen molar-refractivity contribution in [3.8, 4) is 0 Å². The Balaban J connectivity index is 1.65. The van der Waals surface area contributed by atoms with Crippen LogP contribution in [-0.4, -0.2) is 17.7 Å². The fourth-order valence-electron chi connectivity index (χ4n) is 3.60. The molecule has 3 aromatic rings. The molecule has 0 amide bonds. The minimum Gasteiger partial charge on any atom is -0.347 e. The molecular formula is C19H22N2S. The third-order valence-electron chi connectivity index (χ3n) is 4.82. The van der Waals surface area contributed by atoms with Crippen LogP contribution in [0.2, 0.25) is 0 Å². The zero-order valence-electron chi connectivity index (χ0n) is 12.8. The normalized spacial score (nSPS) is 16.4. The Morgan fingerprint density at radius 3 is 2.82 bits per heavy atom. The lowest BCUT2D eigenvalue weighted by molar-refractivity contribution is 0.461. The first-order valence-electron chi connectivity index (χ1n) is 8.21. The molecule has 0 saturated carbocycles. The van der Waals surface area contributed by atoms with Gasteiger partial charge in [0.1, 0.15) is 0 Å². The van der Waals surface area contributed by atoms with Crippen LogP contribution in [0.3, 0.4) is 0 Å². The van der Waals surface area contributed by atoms with Crippen molar-refractivity contribution in [3.63, 3.8) is 0 Å². The topological polar surface area (TPSA) is 17.0 Å². The van der Waals surface area contributed by atoms with E-state index in [1.807, 2.05) is 0 Å². The molecule has 2 nitrogen and oxygen atoms in total. The number of rotatable bonds is 4. The van der Waals surface area contributed by atoms with Crippen molar-refractivity contribution in [2.45, 2.75) is 31.7 Å². The molecule has 114 valence electrons. The number of aryl methyl sites for hydroxylation is 2. The average molecular weight is 310 g/mol. The van der Waals surface area contributed by atoms with Crippen molar-refractivity contribution < 1.29 is 0 Å². The van der Waals surface area contributed by atoms with Crippen LogP contribution >= 0.6 is 11.3 Å². The molecule has 0 spiro atoms. The van der Waals surface area contributed by atoms with E-state index in [0.717, 1.165) is 26.1 Å². The molecule has 3 heterocycles. The van der Waals surface area contributed by atoms with Gasteiger partial charge in [0.05, 0.1) is 0 Å². The van der Waals surface area contributed by atoms with E-state index in [2.05, 4.69) is 57.2 Å². The number of aromatic nitrogens is 1. The number of nitrogens with one attached hydrogen (secondary N) is 1. The molecule has 3 heteroatoms. The molecule has 1 aliphatic rings. The number of piperidine rings is 1. The zero-order valence-corrected chi connectivity index (χ0v) is 13.6. The highest BCUT2D eigenvalue weighted by Gasteiger charge is 2.19. The Hall–Kier alpha value is -1.58. The van der Waals surface area contributed by atoms with Crippen LogP contribution < -0.4 is 5.32 Å². The number of fused-ring (bicyclic) bond motifs is 1.